The zero-order valence-corrected chi connectivity index (χ0v) is 10.9. The lowest BCUT2D eigenvalue weighted by Gasteiger charge is -2.08. The van der Waals surface area contributed by atoms with Gasteiger partial charge in [0.2, 0.25) is 9.47 Å². The average molecular weight is 280 g/mol. The maximum atomic E-state index is 11.7. The standard InChI is InChI=1S/C7H12N4O2S3/c8-6-10-11-7(15-6)16(12,13)9-4-5-2-1-3-14-5/h5,9H,1-4H2,(H2,8,10). The van der Waals surface area contributed by atoms with Gasteiger partial charge >= 0.3 is 0 Å². The van der Waals surface area contributed by atoms with Gasteiger partial charge in [-0.1, -0.05) is 11.3 Å². The van der Waals surface area contributed by atoms with Gasteiger partial charge in [0.05, 0.1) is 0 Å². The predicted octanol–water partition coefficient (Wildman–Crippen LogP) is 0.294. The molecule has 1 aromatic rings. The molecule has 0 amide bonds. The molecule has 0 aliphatic carbocycles. The van der Waals surface area contributed by atoms with Crippen LogP contribution in [0.15, 0.2) is 4.34 Å². The molecular formula is C7H12N4O2S3. The van der Waals surface area contributed by atoms with Crippen molar-refractivity contribution in [2.24, 2.45) is 0 Å². The minimum absolute atomic E-state index is 0.0620. The van der Waals surface area contributed by atoms with Crippen LogP contribution in [0.5, 0.6) is 0 Å². The SMILES string of the molecule is Nc1nnc(S(=O)(=O)NCC2CCCS2)s1. The van der Waals surface area contributed by atoms with E-state index in [2.05, 4.69) is 14.9 Å². The second-order valence-corrected chi connectivity index (χ2v) is 7.75. The van der Waals surface area contributed by atoms with Crippen LogP contribution in [-0.2, 0) is 10.0 Å². The van der Waals surface area contributed by atoms with Gasteiger partial charge in [-0.05, 0) is 18.6 Å². The van der Waals surface area contributed by atoms with Crippen molar-refractivity contribution in [1.29, 1.82) is 0 Å². The zero-order chi connectivity index (χ0) is 11.6. The van der Waals surface area contributed by atoms with E-state index in [0.29, 0.717) is 11.8 Å². The van der Waals surface area contributed by atoms with Crippen LogP contribution in [0.25, 0.3) is 0 Å². The van der Waals surface area contributed by atoms with Crippen LogP contribution in [0, 0.1) is 0 Å². The summed E-state index contributed by atoms with van der Waals surface area (Å²) in [5.41, 5.74) is 5.34. The molecule has 90 valence electrons. The Kier molecular flexibility index (Phi) is 3.67. The van der Waals surface area contributed by atoms with E-state index < -0.39 is 10.0 Å². The Morgan fingerprint density at radius 2 is 2.31 bits per heavy atom. The van der Waals surface area contributed by atoms with E-state index in [0.717, 1.165) is 29.9 Å². The first-order valence-corrected chi connectivity index (χ1v) is 8.13. The summed E-state index contributed by atoms with van der Waals surface area (Å²) in [5, 5.41) is 7.54. The number of hydrogen-bond acceptors (Lipinski definition) is 7. The van der Waals surface area contributed by atoms with Gasteiger partial charge in [-0.15, -0.1) is 10.2 Å². The second kappa shape index (κ2) is 4.86. The number of nitrogens with one attached hydrogen (secondary N) is 1. The third-order valence-electron chi connectivity index (χ3n) is 2.18. The van der Waals surface area contributed by atoms with Crippen molar-refractivity contribution in [3.63, 3.8) is 0 Å². The highest BCUT2D eigenvalue weighted by atomic mass is 32.2. The molecule has 1 fully saturated rings. The predicted molar refractivity (Wildman–Crippen MR) is 65.0 cm³/mol. The molecule has 3 N–H and O–H groups in total. The number of rotatable bonds is 4. The number of nitrogen functional groups attached to an aromatic ring is 1. The van der Waals surface area contributed by atoms with Gasteiger partial charge in [0.15, 0.2) is 0 Å². The molecule has 6 nitrogen and oxygen atoms in total. The summed E-state index contributed by atoms with van der Waals surface area (Å²) in [7, 11) is -3.53. The van der Waals surface area contributed by atoms with Crippen molar-refractivity contribution < 1.29 is 8.42 Å². The minimum Gasteiger partial charge on any atom is -0.374 e. The van der Waals surface area contributed by atoms with Gasteiger partial charge in [-0.3, -0.25) is 0 Å². The monoisotopic (exact) mass is 280 g/mol. The van der Waals surface area contributed by atoms with Gasteiger partial charge in [0, 0.05) is 11.8 Å². The number of anilines is 1. The highest BCUT2D eigenvalue weighted by Crippen LogP contribution is 2.26. The van der Waals surface area contributed by atoms with Gasteiger partial charge in [0.1, 0.15) is 0 Å². The van der Waals surface area contributed by atoms with E-state index >= 15 is 0 Å². The minimum atomic E-state index is -3.53. The molecule has 2 heterocycles. The van der Waals surface area contributed by atoms with Crippen molar-refractivity contribution in [2.45, 2.75) is 22.4 Å². The van der Waals surface area contributed by atoms with Crippen LogP contribution < -0.4 is 10.5 Å². The lowest BCUT2D eigenvalue weighted by atomic mass is 10.2. The van der Waals surface area contributed by atoms with Crippen LogP contribution in [0.3, 0.4) is 0 Å². The van der Waals surface area contributed by atoms with Crippen molar-refractivity contribution >= 4 is 38.3 Å². The van der Waals surface area contributed by atoms with E-state index in [4.69, 9.17) is 5.73 Å². The van der Waals surface area contributed by atoms with Gasteiger partial charge in [-0.25, -0.2) is 13.1 Å². The van der Waals surface area contributed by atoms with Crippen molar-refractivity contribution in [3.05, 3.63) is 0 Å². The van der Waals surface area contributed by atoms with E-state index in [1.165, 1.54) is 0 Å². The molecule has 1 aliphatic rings. The fraction of sp³-hybridized carbons (Fsp3) is 0.714. The summed E-state index contributed by atoms with van der Waals surface area (Å²) in [6.07, 6.45) is 2.22. The van der Waals surface area contributed by atoms with Crippen LogP contribution in [-0.4, -0.2) is 36.2 Å². The molecule has 1 atom stereocenters. The molecule has 0 radical (unpaired) electrons. The third-order valence-corrected chi connectivity index (χ3v) is 6.12. The summed E-state index contributed by atoms with van der Waals surface area (Å²) >= 11 is 2.67. The Hall–Kier alpha value is -0.380. The summed E-state index contributed by atoms with van der Waals surface area (Å²) in [4.78, 5) is 0. The molecule has 1 saturated heterocycles. The number of thioether (sulfide) groups is 1. The Bertz CT molecular complexity index is 452. The van der Waals surface area contributed by atoms with Gasteiger partial charge in [-0.2, -0.15) is 11.8 Å². The van der Waals surface area contributed by atoms with Gasteiger partial charge in [0.25, 0.3) is 10.0 Å². The summed E-state index contributed by atoms with van der Waals surface area (Å²) < 4.78 is 25.9. The normalized spacial score (nSPS) is 21.4. The Morgan fingerprint density at radius 1 is 1.50 bits per heavy atom. The lowest BCUT2D eigenvalue weighted by Crippen LogP contribution is -2.29. The molecule has 16 heavy (non-hydrogen) atoms. The second-order valence-electron chi connectivity index (χ2n) is 3.39. The molecule has 2 rings (SSSR count). The number of aromatic nitrogens is 2. The van der Waals surface area contributed by atoms with E-state index in [1.54, 1.807) is 11.8 Å². The highest BCUT2D eigenvalue weighted by Gasteiger charge is 2.22. The summed E-state index contributed by atoms with van der Waals surface area (Å²) in [5.74, 6) is 1.11. The fourth-order valence-electron chi connectivity index (χ4n) is 1.40. The van der Waals surface area contributed by atoms with Crippen LogP contribution >= 0.6 is 23.1 Å². The molecule has 0 aromatic carbocycles. The summed E-state index contributed by atoms with van der Waals surface area (Å²) in [6, 6.07) is 0. The third kappa shape index (κ3) is 2.84. The van der Waals surface area contributed by atoms with Crippen molar-refractivity contribution in [3.8, 4) is 0 Å². The topological polar surface area (TPSA) is 98.0 Å². The molecule has 9 heteroatoms. The quantitative estimate of drug-likeness (QED) is 0.823. The first-order chi connectivity index (χ1) is 7.58. The Balaban J connectivity index is 1.97. The largest absolute Gasteiger partial charge is 0.374 e. The van der Waals surface area contributed by atoms with E-state index in [1.807, 2.05) is 0 Å². The van der Waals surface area contributed by atoms with Crippen molar-refractivity contribution in [1.82, 2.24) is 14.9 Å². The Morgan fingerprint density at radius 3 is 2.88 bits per heavy atom. The van der Waals surface area contributed by atoms with Crippen molar-refractivity contribution in [2.75, 3.05) is 18.0 Å². The van der Waals surface area contributed by atoms with Crippen LogP contribution in [0.1, 0.15) is 12.8 Å². The first-order valence-electron chi connectivity index (χ1n) is 4.78. The first kappa shape index (κ1) is 12.1. The maximum Gasteiger partial charge on any atom is 0.269 e. The van der Waals surface area contributed by atoms with Crippen LogP contribution in [0.2, 0.25) is 0 Å². The molecule has 0 saturated carbocycles. The fourth-order valence-corrected chi connectivity index (χ4v) is 4.61. The maximum absolute atomic E-state index is 11.7. The molecule has 1 aromatic heterocycles. The van der Waals surface area contributed by atoms with Gasteiger partial charge < -0.3 is 5.73 Å². The average Bonchev–Trinajstić information content (AvgIpc) is 2.85. The van der Waals surface area contributed by atoms with E-state index in [9.17, 15) is 8.42 Å². The molecule has 1 unspecified atom stereocenters. The van der Waals surface area contributed by atoms with Crippen LogP contribution in [0.4, 0.5) is 5.13 Å². The number of hydrogen-bond donors (Lipinski definition) is 2. The number of nitrogens with two attached hydrogens (primary N) is 1. The molecule has 0 bridgehead atoms. The lowest BCUT2D eigenvalue weighted by molar-refractivity contribution is 0.577. The number of nitrogens with zero attached hydrogens (tertiary/aromatic N) is 2. The number of sulfonamides is 1. The molecule has 0 spiro atoms. The highest BCUT2D eigenvalue weighted by molar-refractivity contribution is 8.00. The molecule has 1 aliphatic heterocycles. The summed E-state index contributed by atoms with van der Waals surface area (Å²) in [6.45, 7) is 0.451. The Labute approximate surface area is 102 Å². The molecular weight excluding hydrogens is 268 g/mol. The smallest absolute Gasteiger partial charge is 0.269 e. The zero-order valence-electron chi connectivity index (χ0n) is 8.42. The van der Waals surface area contributed by atoms with E-state index in [-0.39, 0.29) is 9.47 Å².